The topological polar surface area (TPSA) is 30.5 Å². The highest BCUT2D eigenvalue weighted by Gasteiger charge is 2.21. The molecular weight excluding hydrogens is 154 g/mol. The predicted molar refractivity (Wildman–Crippen MR) is 45.9 cm³/mol. The van der Waals surface area contributed by atoms with E-state index < -0.39 is 0 Å². The number of ether oxygens (including phenoxy) is 2. The molecule has 1 saturated heterocycles. The van der Waals surface area contributed by atoms with Gasteiger partial charge in [-0.15, -0.1) is 0 Å². The summed E-state index contributed by atoms with van der Waals surface area (Å²) in [4.78, 5) is 0. The first kappa shape index (κ1) is 8.48. The van der Waals surface area contributed by atoms with E-state index in [4.69, 9.17) is 9.47 Å². The molecule has 1 aliphatic heterocycles. The third-order valence-electron chi connectivity index (χ3n) is 2.47. The van der Waals surface area contributed by atoms with Gasteiger partial charge in [-0.25, -0.2) is 0 Å². The summed E-state index contributed by atoms with van der Waals surface area (Å²) in [5, 5.41) is 3.44. The Balaban J connectivity index is 1.52. The molecule has 12 heavy (non-hydrogen) atoms. The fourth-order valence-corrected chi connectivity index (χ4v) is 1.43. The molecule has 0 aromatic rings. The molecule has 0 radical (unpaired) electrons. The minimum absolute atomic E-state index is 0.387. The monoisotopic (exact) mass is 171 g/mol. The van der Waals surface area contributed by atoms with E-state index in [0.717, 1.165) is 25.5 Å². The van der Waals surface area contributed by atoms with Crippen LogP contribution < -0.4 is 5.32 Å². The van der Waals surface area contributed by atoms with Crippen molar-refractivity contribution in [3.8, 4) is 0 Å². The van der Waals surface area contributed by atoms with E-state index in [1.54, 1.807) is 0 Å². The highest BCUT2D eigenvalue weighted by molar-refractivity contribution is 4.76. The van der Waals surface area contributed by atoms with Gasteiger partial charge < -0.3 is 14.8 Å². The second-order valence-electron chi connectivity index (χ2n) is 3.71. The van der Waals surface area contributed by atoms with Crippen LogP contribution in [-0.4, -0.2) is 32.6 Å². The van der Waals surface area contributed by atoms with Crippen molar-refractivity contribution in [2.75, 3.05) is 26.5 Å². The fourth-order valence-electron chi connectivity index (χ4n) is 1.43. The van der Waals surface area contributed by atoms with Crippen molar-refractivity contribution in [1.82, 2.24) is 5.32 Å². The Kier molecular flexibility index (Phi) is 2.98. The zero-order valence-electron chi connectivity index (χ0n) is 7.42. The van der Waals surface area contributed by atoms with Crippen LogP contribution >= 0.6 is 0 Å². The molecule has 1 N–H and O–H groups in total. The van der Waals surface area contributed by atoms with Gasteiger partial charge in [-0.2, -0.15) is 0 Å². The first-order valence-corrected chi connectivity index (χ1v) is 4.85. The molecule has 70 valence electrons. The highest BCUT2D eigenvalue weighted by Crippen LogP contribution is 2.27. The van der Waals surface area contributed by atoms with Crippen LogP contribution in [0.15, 0.2) is 0 Å². The van der Waals surface area contributed by atoms with Gasteiger partial charge in [0.05, 0.1) is 12.7 Å². The van der Waals surface area contributed by atoms with Gasteiger partial charge in [0.2, 0.25) is 0 Å². The van der Waals surface area contributed by atoms with E-state index in [1.165, 1.54) is 19.4 Å². The molecular formula is C9H17NO2. The summed E-state index contributed by atoms with van der Waals surface area (Å²) >= 11 is 0. The minimum atomic E-state index is 0.387. The number of nitrogens with one attached hydrogen (secondary N) is 1. The van der Waals surface area contributed by atoms with Crippen LogP contribution in [0.4, 0.5) is 0 Å². The standard InChI is InChI=1S/C9H17NO2/c1-2-8(1)5-10-6-9-3-4-11-7-12-9/h8-10H,1-7H2. The van der Waals surface area contributed by atoms with Crippen LogP contribution in [0.1, 0.15) is 19.3 Å². The van der Waals surface area contributed by atoms with Gasteiger partial charge in [-0.05, 0) is 31.7 Å². The van der Waals surface area contributed by atoms with Crippen molar-refractivity contribution < 1.29 is 9.47 Å². The quantitative estimate of drug-likeness (QED) is 0.677. The van der Waals surface area contributed by atoms with E-state index in [0.29, 0.717) is 12.9 Å². The highest BCUT2D eigenvalue weighted by atomic mass is 16.7. The summed E-state index contributed by atoms with van der Waals surface area (Å²) < 4.78 is 10.5. The predicted octanol–water partition coefficient (Wildman–Crippen LogP) is 0.749. The van der Waals surface area contributed by atoms with Crippen molar-refractivity contribution in [1.29, 1.82) is 0 Å². The smallest absolute Gasteiger partial charge is 0.147 e. The van der Waals surface area contributed by atoms with Crippen LogP contribution in [0.25, 0.3) is 0 Å². The van der Waals surface area contributed by atoms with E-state index in [1.807, 2.05) is 0 Å². The van der Waals surface area contributed by atoms with Crippen LogP contribution in [0.5, 0.6) is 0 Å². The van der Waals surface area contributed by atoms with Gasteiger partial charge >= 0.3 is 0 Å². The lowest BCUT2D eigenvalue weighted by Crippen LogP contribution is -2.34. The molecule has 2 aliphatic rings. The molecule has 0 aromatic heterocycles. The lowest BCUT2D eigenvalue weighted by atomic mass is 10.2. The summed E-state index contributed by atoms with van der Waals surface area (Å²) in [7, 11) is 0. The number of hydrogen-bond acceptors (Lipinski definition) is 3. The van der Waals surface area contributed by atoms with Gasteiger partial charge in [-0.1, -0.05) is 0 Å². The summed E-state index contributed by atoms with van der Waals surface area (Å²) in [5.74, 6) is 0.963. The second-order valence-corrected chi connectivity index (χ2v) is 3.71. The Morgan fingerprint density at radius 3 is 2.75 bits per heavy atom. The van der Waals surface area contributed by atoms with Gasteiger partial charge in [-0.3, -0.25) is 0 Å². The summed E-state index contributed by atoms with van der Waals surface area (Å²) in [6.45, 7) is 3.52. The molecule has 2 rings (SSSR count). The zero-order chi connectivity index (χ0) is 8.23. The maximum Gasteiger partial charge on any atom is 0.147 e. The molecule has 1 aliphatic carbocycles. The molecule has 1 heterocycles. The molecule has 0 bridgehead atoms. The maximum atomic E-state index is 5.40. The molecule has 0 amide bonds. The van der Waals surface area contributed by atoms with E-state index in [9.17, 15) is 0 Å². The lowest BCUT2D eigenvalue weighted by molar-refractivity contribution is -0.137. The van der Waals surface area contributed by atoms with Crippen LogP contribution in [0, 0.1) is 5.92 Å². The third kappa shape index (κ3) is 2.73. The van der Waals surface area contributed by atoms with Crippen LogP contribution in [0.2, 0.25) is 0 Å². The van der Waals surface area contributed by atoms with Gasteiger partial charge in [0.1, 0.15) is 6.79 Å². The summed E-state index contributed by atoms with van der Waals surface area (Å²) in [5.41, 5.74) is 0. The molecule has 3 nitrogen and oxygen atoms in total. The van der Waals surface area contributed by atoms with E-state index in [2.05, 4.69) is 5.32 Å². The van der Waals surface area contributed by atoms with Gasteiger partial charge in [0.15, 0.2) is 0 Å². The van der Waals surface area contributed by atoms with Crippen molar-refractivity contribution in [2.24, 2.45) is 5.92 Å². The fraction of sp³-hybridized carbons (Fsp3) is 1.00. The zero-order valence-corrected chi connectivity index (χ0v) is 7.42. The maximum absolute atomic E-state index is 5.40. The Bertz CT molecular complexity index is 130. The van der Waals surface area contributed by atoms with Gasteiger partial charge in [0, 0.05) is 6.54 Å². The minimum Gasteiger partial charge on any atom is -0.355 e. The van der Waals surface area contributed by atoms with Crippen molar-refractivity contribution >= 4 is 0 Å². The third-order valence-corrected chi connectivity index (χ3v) is 2.47. The Morgan fingerprint density at radius 1 is 1.17 bits per heavy atom. The molecule has 1 saturated carbocycles. The lowest BCUT2D eigenvalue weighted by Gasteiger charge is -2.22. The molecule has 0 aromatic carbocycles. The summed E-state index contributed by atoms with van der Waals surface area (Å²) in [6.07, 6.45) is 4.26. The molecule has 1 unspecified atom stereocenters. The largest absolute Gasteiger partial charge is 0.355 e. The first-order chi connectivity index (χ1) is 5.95. The van der Waals surface area contributed by atoms with Crippen LogP contribution in [-0.2, 0) is 9.47 Å². The number of hydrogen-bond donors (Lipinski definition) is 1. The molecule has 0 spiro atoms. The second kappa shape index (κ2) is 4.21. The average molecular weight is 171 g/mol. The van der Waals surface area contributed by atoms with Gasteiger partial charge in [0.25, 0.3) is 0 Å². The summed E-state index contributed by atoms with van der Waals surface area (Å²) in [6, 6.07) is 0. The van der Waals surface area contributed by atoms with Crippen molar-refractivity contribution in [3.63, 3.8) is 0 Å². The molecule has 1 atom stereocenters. The number of rotatable bonds is 4. The van der Waals surface area contributed by atoms with E-state index >= 15 is 0 Å². The SMILES string of the molecule is C1CC(CNCC2CC2)OCO1. The molecule has 3 heteroatoms. The Labute approximate surface area is 73.4 Å². The van der Waals surface area contributed by atoms with Crippen LogP contribution in [0.3, 0.4) is 0 Å². The Hall–Kier alpha value is -0.120. The Morgan fingerprint density at radius 2 is 2.08 bits per heavy atom. The average Bonchev–Trinajstić information content (AvgIpc) is 2.90. The normalized spacial score (nSPS) is 30.5. The van der Waals surface area contributed by atoms with Crippen molar-refractivity contribution in [2.45, 2.75) is 25.4 Å². The van der Waals surface area contributed by atoms with Crippen molar-refractivity contribution in [3.05, 3.63) is 0 Å². The first-order valence-electron chi connectivity index (χ1n) is 4.85. The molecule has 2 fully saturated rings. The van der Waals surface area contributed by atoms with E-state index in [-0.39, 0.29) is 0 Å².